The van der Waals surface area contributed by atoms with Crippen LogP contribution in [-0.2, 0) is 11.2 Å². The molecule has 0 spiro atoms. The number of hydrogen-bond donors (Lipinski definition) is 2. The summed E-state index contributed by atoms with van der Waals surface area (Å²) >= 11 is 0. The molecule has 0 saturated carbocycles. The molecule has 1 aliphatic rings. The van der Waals surface area contributed by atoms with Crippen molar-refractivity contribution in [1.29, 1.82) is 0 Å². The van der Waals surface area contributed by atoms with E-state index in [4.69, 9.17) is 0 Å². The molecule has 0 saturated heterocycles. The van der Waals surface area contributed by atoms with Gasteiger partial charge in [0.15, 0.2) is 0 Å². The van der Waals surface area contributed by atoms with Gasteiger partial charge < -0.3 is 10.4 Å². The maximum Gasteiger partial charge on any atom is 0.389 e. The first-order valence-electron chi connectivity index (χ1n) is 5.99. The molecule has 19 heavy (non-hydrogen) atoms. The lowest BCUT2D eigenvalue weighted by atomic mass is 10.1. The van der Waals surface area contributed by atoms with Crippen molar-refractivity contribution in [3.8, 4) is 0 Å². The van der Waals surface area contributed by atoms with Crippen LogP contribution < -0.4 is 5.32 Å². The minimum atomic E-state index is -4.34. The first-order chi connectivity index (χ1) is 8.87. The summed E-state index contributed by atoms with van der Waals surface area (Å²) < 4.78 is 36.0. The molecule has 1 amide bonds. The molecule has 0 heterocycles. The average molecular weight is 273 g/mol. The molecular weight excluding hydrogens is 259 g/mol. The molecule has 0 unspecified atom stereocenters. The number of amides is 1. The Balaban J connectivity index is 1.98. The second kappa shape index (κ2) is 5.21. The first kappa shape index (κ1) is 13.9. The van der Waals surface area contributed by atoms with Crippen molar-refractivity contribution in [2.75, 3.05) is 0 Å². The van der Waals surface area contributed by atoms with E-state index < -0.39 is 37.1 Å². The van der Waals surface area contributed by atoms with Gasteiger partial charge in [0, 0.05) is 12.8 Å². The quantitative estimate of drug-likeness (QED) is 0.886. The number of nitrogens with one attached hydrogen (secondary N) is 1. The van der Waals surface area contributed by atoms with Crippen molar-refractivity contribution in [3.05, 3.63) is 35.4 Å². The number of fused-ring (bicyclic) bond motifs is 1. The number of alkyl halides is 3. The fourth-order valence-corrected chi connectivity index (χ4v) is 2.25. The van der Waals surface area contributed by atoms with Gasteiger partial charge in [-0.2, -0.15) is 13.2 Å². The third kappa shape index (κ3) is 3.47. The molecule has 0 aromatic heterocycles. The molecule has 104 valence electrons. The zero-order valence-electron chi connectivity index (χ0n) is 10.1. The van der Waals surface area contributed by atoms with Gasteiger partial charge in [-0.3, -0.25) is 4.79 Å². The van der Waals surface area contributed by atoms with E-state index in [0.717, 1.165) is 11.1 Å². The SMILES string of the molecule is O=C(CCC(F)(F)F)N[C@H]1c2ccccc2C[C@H]1O. The largest absolute Gasteiger partial charge is 0.390 e. The van der Waals surface area contributed by atoms with E-state index in [2.05, 4.69) is 5.32 Å². The molecule has 2 N–H and O–H groups in total. The van der Waals surface area contributed by atoms with Crippen LogP contribution in [0, 0.1) is 0 Å². The molecule has 0 fully saturated rings. The van der Waals surface area contributed by atoms with E-state index in [9.17, 15) is 23.1 Å². The number of aliphatic hydroxyl groups is 1. The second-order valence-corrected chi connectivity index (χ2v) is 4.63. The lowest BCUT2D eigenvalue weighted by Gasteiger charge is -2.18. The highest BCUT2D eigenvalue weighted by atomic mass is 19.4. The van der Waals surface area contributed by atoms with Crippen LogP contribution in [0.1, 0.15) is 30.0 Å². The zero-order chi connectivity index (χ0) is 14.0. The molecule has 1 aliphatic carbocycles. The summed E-state index contributed by atoms with van der Waals surface area (Å²) in [5.74, 6) is -0.696. The molecule has 3 nitrogen and oxygen atoms in total. The molecule has 0 radical (unpaired) electrons. The maximum atomic E-state index is 12.0. The van der Waals surface area contributed by atoms with Gasteiger partial charge >= 0.3 is 6.18 Å². The molecule has 1 aromatic carbocycles. The van der Waals surface area contributed by atoms with Crippen molar-refractivity contribution in [2.45, 2.75) is 37.6 Å². The van der Waals surface area contributed by atoms with Gasteiger partial charge in [0.25, 0.3) is 0 Å². The van der Waals surface area contributed by atoms with E-state index >= 15 is 0 Å². The van der Waals surface area contributed by atoms with Gasteiger partial charge in [0.05, 0.1) is 18.6 Å². The summed E-state index contributed by atoms with van der Waals surface area (Å²) in [6, 6.07) is 6.57. The molecule has 0 aliphatic heterocycles. The van der Waals surface area contributed by atoms with Crippen molar-refractivity contribution in [1.82, 2.24) is 5.32 Å². The van der Waals surface area contributed by atoms with Crippen LogP contribution in [0.5, 0.6) is 0 Å². The summed E-state index contributed by atoms with van der Waals surface area (Å²) in [7, 11) is 0. The zero-order valence-corrected chi connectivity index (χ0v) is 10.1. The predicted molar refractivity (Wildman–Crippen MR) is 62.3 cm³/mol. The van der Waals surface area contributed by atoms with Crippen LogP contribution in [-0.4, -0.2) is 23.3 Å². The van der Waals surface area contributed by atoms with Gasteiger partial charge in [-0.25, -0.2) is 0 Å². The highest BCUT2D eigenvalue weighted by Crippen LogP contribution is 2.31. The molecule has 1 aromatic rings. The predicted octanol–water partition coefficient (Wildman–Crippen LogP) is 2.10. The van der Waals surface area contributed by atoms with Crippen molar-refractivity contribution in [3.63, 3.8) is 0 Å². The van der Waals surface area contributed by atoms with E-state index in [1.807, 2.05) is 12.1 Å². The number of benzene rings is 1. The maximum absolute atomic E-state index is 12.0. The summed E-state index contributed by atoms with van der Waals surface area (Å²) in [6.45, 7) is 0. The Morgan fingerprint density at radius 1 is 1.37 bits per heavy atom. The Kier molecular flexibility index (Phi) is 3.80. The lowest BCUT2D eigenvalue weighted by Crippen LogP contribution is -2.34. The number of rotatable bonds is 3. The fourth-order valence-electron chi connectivity index (χ4n) is 2.25. The Morgan fingerprint density at radius 2 is 2.05 bits per heavy atom. The first-order valence-corrected chi connectivity index (χ1v) is 5.99. The van der Waals surface area contributed by atoms with Crippen molar-refractivity contribution < 1.29 is 23.1 Å². The van der Waals surface area contributed by atoms with Crippen LogP contribution in [0.25, 0.3) is 0 Å². The third-order valence-corrected chi connectivity index (χ3v) is 3.16. The summed E-state index contributed by atoms with van der Waals surface area (Å²) in [6.07, 6.45) is -6.49. The Morgan fingerprint density at radius 3 is 2.74 bits per heavy atom. The molecule has 2 atom stereocenters. The fraction of sp³-hybridized carbons (Fsp3) is 0.462. The van der Waals surface area contributed by atoms with Gasteiger partial charge in [0.1, 0.15) is 0 Å². The average Bonchev–Trinajstić information content (AvgIpc) is 2.63. The number of aliphatic hydroxyl groups excluding tert-OH is 1. The standard InChI is InChI=1S/C13H14F3NO2/c14-13(15,16)6-5-11(19)17-12-9-4-2-1-3-8(9)7-10(12)18/h1-4,10,12,18H,5-7H2,(H,17,19)/t10-,12+/m1/s1. The molecule has 6 heteroatoms. The van der Waals surface area contributed by atoms with E-state index in [0.29, 0.717) is 6.42 Å². The van der Waals surface area contributed by atoms with Gasteiger partial charge in [-0.1, -0.05) is 24.3 Å². The van der Waals surface area contributed by atoms with Gasteiger partial charge in [0.2, 0.25) is 5.91 Å². The lowest BCUT2D eigenvalue weighted by molar-refractivity contribution is -0.144. The number of hydrogen-bond acceptors (Lipinski definition) is 2. The van der Waals surface area contributed by atoms with Gasteiger partial charge in [-0.15, -0.1) is 0 Å². The number of halogens is 3. The minimum absolute atomic E-state index is 0.403. The minimum Gasteiger partial charge on any atom is -0.390 e. The van der Waals surface area contributed by atoms with Crippen molar-refractivity contribution in [2.24, 2.45) is 0 Å². The smallest absolute Gasteiger partial charge is 0.389 e. The van der Waals surface area contributed by atoms with Crippen LogP contribution in [0.15, 0.2) is 24.3 Å². The normalized spacial score (nSPS) is 22.1. The van der Waals surface area contributed by atoms with E-state index in [-0.39, 0.29) is 0 Å². The Labute approximate surface area is 108 Å². The topological polar surface area (TPSA) is 49.3 Å². The summed E-state index contributed by atoms with van der Waals surface area (Å²) in [4.78, 5) is 11.5. The third-order valence-electron chi connectivity index (χ3n) is 3.16. The van der Waals surface area contributed by atoms with Crippen LogP contribution in [0.2, 0.25) is 0 Å². The van der Waals surface area contributed by atoms with E-state index in [1.165, 1.54) is 0 Å². The Bertz CT molecular complexity index is 473. The van der Waals surface area contributed by atoms with E-state index in [1.54, 1.807) is 12.1 Å². The highest BCUT2D eigenvalue weighted by Gasteiger charge is 2.33. The summed E-state index contributed by atoms with van der Waals surface area (Å²) in [5.41, 5.74) is 1.69. The van der Waals surface area contributed by atoms with Crippen LogP contribution >= 0.6 is 0 Å². The summed E-state index contributed by atoms with van der Waals surface area (Å²) in [5, 5.41) is 12.3. The second-order valence-electron chi connectivity index (χ2n) is 4.63. The molecule has 0 bridgehead atoms. The Hall–Kier alpha value is -1.56. The number of carbonyl (C=O) groups excluding carboxylic acids is 1. The monoisotopic (exact) mass is 273 g/mol. The highest BCUT2D eigenvalue weighted by molar-refractivity contribution is 5.76. The molecule has 2 rings (SSSR count). The number of carbonyl (C=O) groups is 1. The van der Waals surface area contributed by atoms with Gasteiger partial charge in [-0.05, 0) is 11.1 Å². The molecular formula is C13H14F3NO2. The van der Waals surface area contributed by atoms with Crippen LogP contribution in [0.4, 0.5) is 13.2 Å². The van der Waals surface area contributed by atoms with Crippen molar-refractivity contribution >= 4 is 5.91 Å². The van der Waals surface area contributed by atoms with Crippen LogP contribution in [0.3, 0.4) is 0 Å².